The number of benzene rings is 4. The van der Waals surface area contributed by atoms with Crippen molar-refractivity contribution in [3.63, 3.8) is 0 Å². The van der Waals surface area contributed by atoms with Gasteiger partial charge in [-0.1, -0.05) is 82.7 Å². The minimum Gasteiger partial charge on any atom is -0.444 e. The third kappa shape index (κ3) is 5.04. The average Bonchev–Trinajstić information content (AvgIpc) is 3.00. The number of halogens is 1. The molecule has 1 amide bonds. The van der Waals surface area contributed by atoms with Gasteiger partial charge >= 0.3 is 6.09 Å². The number of allylic oxidation sites excluding steroid dienone is 2. The maximum atomic E-state index is 12.8. The van der Waals surface area contributed by atoms with Gasteiger partial charge in [-0.3, -0.25) is 0 Å². The molecule has 43 heavy (non-hydrogen) atoms. The zero-order chi connectivity index (χ0) is 29.9. The van der Waals surface area contributed by atoms with E-state index in [9.17, 15) is 4.79 Å². The molecule has 1 saturated heterocycles. The van der Waals surface area contributed by atoms with Gasteiger partial charge in [-0.05, 0) is 84.7 Å². The largest absolute Gasteiger partial charge is 0.444 e. The summed E-state index contributed by atoms with van der Waals surface area (Å²) >= 11 is 3.94. The Balaban J connectivity index is 1.34. The molecule has 1 unspecified atom stereocenters. The van der Waals surface area contributed by atoms with Crippen molar-refractivity contribution in [3.8, 4) is 11.1 Å². The van der Waals surface area contributed by atoms with Crippen LogP contribution in [0.1, 0.15) is 44.7 Å². The molecule has 0 aromatic heterocycles. The molecular formula is C37H38BrN3O2. The van der Waals surface area contributed by atoms with Gasteiger partial charge in [-0.15, -0.1) is 0 Å². The maximum Gasteiger partial charge on any atom is 0.410 e. The molecule has 0 radical (unpaired) electrons. The fourth-order valence-corrected chi connectivity index (χ4v) is 7.68. The first-order chi connectivity index (χ1) is 20.7. The summed E-state index contributed by atoms with van der Waals surface area (Å²) in [5.41, 5.74) is 15.1. The van der Waals surface area contributed by atoms with Crippen molar-refractivity contribution in [1.29, 1.82) is 0 Å². The number of hydrogen-bond acceptors (Lipinski definition) is 4. The third-order valence-electron chi connectivity index (χ3n) is 9.08. The van der Waals surface area contributed by atoms with E-state index in [1.807, 2.05) is 25.7 Å². The van der Waals surface area contributed by atoms with Crippen molar-refractivity contribution in [3.05, 3.63) is 94.0 Å². The number of rotatable bonds is 2. The highest BCUT2D eigenvalue weighted by Crippen LogP contribution is 2.46. The van der Waals surface area contributed by atoms with Crippen LogP contribution < -0.4 is 10.6 Å². The summed E-state index contributed by atoms with van der Waals surface area (Å²) in [4.78, 5) is 17.1. The Bertz CT molecular complexity index is 1830. The second-order valence-corrected chi connectivity index (χ2v) is 13.8. The van der Waals surface area contributed by atoms with Crippen LogP contribution in [-0.2, 0) is 11.2 Å². The zero-order valence-corrected chi connectivity index (χ0v) is 26.7. The van der Waals surface area contributed by atoms with Crippen molar-refractivity contribution < 1.29 is 9.53 Å². The van der Waals surface area contributed by atoms with E-state index in [-0.39, 0.29) is 12.1 Å². The van der Waals surface area contributed by atoms with Crippen LogP contribution in [0.15, 0.2) is 82.9 Å². The monoisotopic (exact) mass is 635 g/mol. The molecule has 0 saturated carbocycles. The number of carbonyl (C=O) groups excluding carboxylic acids is 1. The van der Waals surface area contributed by atoms with Crippen LogP contribution in [0.3, 0.4) is 0 Å². The van der Waals surface area contributed by atoms with E-state index in [4.69, 9.17) is 10.5 Å². The van der Waals surface area contributed by atoms with Gasteiger partial charge in [0, 0.05) is 53.0 Å². The van der Waals surface area contributed by atoms with E-state index in [0.717, 1.165) is 36.8 Å². The molecule has 7 rings (SSSR count). The summed E-state index contributed by atoms with van der Waals surface area (Å²) in [6.45, 7) is 8.49. The highest BCUT2D eigenvalue weighted by atomic mass is 79.9. The summed E-state index contributed by atoms with van der Waals surface area (Å²) in [7, 11) is 0. The number of ether oxygens (including phenoxy) is 1. The lowest BCUT2D eigenvalue weighted by Gasteiger charge is -2.38. The lowest BCUT2D eigenvalue weighted by molar-refractivity contribution is 0.0241. The van der Waals surface area contributed by atoms with Crippen LogP contribution >= 0.6 is 15.9 Å². The van der Waals surface area contributed by atoms with E-state index in [0.29, 0.717) is 13.1 Å². The van der Waals surface area contributed by atoms with Crippen molar-refractivity contribution in [1.82, 2.24) is 4.90 Å². The summed E-state index contributed by atoms with van der Waals surface area (Å²) in [5, 5.41) is 5.00. The molecule has 0 bridgehead atoms. The molecule has 3 aliphatic rings. The molecule has 6 heteroatoms. The molecule has 4 aromatic carbocycles. The Kier molecular flexibility index (Phi) is 7.10. The first-order valence-electron chi connectivity index (χ1n) is 15.3. The SMILES string of the molecule is CC(C)(C)OC(=O)N1CCN(c2c(-c3ccc(Br)c4c5c(ccc34)C3=C(CC5)C(N)CC=C3)ccc3ccccc23)CC1. The van der Waals surface area contributed by atoms with Gasteiger partial charge in [0.05, 0.1) is 5.69 Å². The minimum atomic E-state index is -0.504. The number of amides is 1. The van der Waals surface area contributed by atoms with E-state index in [2.05, 4.69) is 93.6 Å². The van der Waals surface area contributed by atoms with Crippen LogP contribution in [-0.4, -0.2) is 48.8 Å². The number of hydrogen-bond donors (Lipinski definition) is 1. The van der Waals surface area contributed by atoms with Crippen LogP contribution in [0, 0.1) is 0 Å². The average molecular weight is 637 g/mol. The standard InChI is InChI=1S/C37H38BrN3O2/c1-37(2,3)43-36(42)41-21-19-40(20-22-41)35-24-8-5-4-7-23(24)11-12-31(35)27-17-18-32(38)34-29-16-14-28-25(9-6-10-33(28)39)26(29)13-15-30(27)34/h4-9,11-13,15,17-18,33H,10,14,16,19-22,39H2,1-3H3. The lowest BCUT2D eigenvalue weighted by Crippen LogP contribution is -2.50. The first-order valence-corrected chi connectivity index (χ1v) is 16.1. The van der Waals surface area contributed by atoms with Crippen LogP contribution in [0.5, 0.6) is 0 Å². The van der Waals surface area contributed by atoms with Gasteiger partial charge in [-0.25, -0.2) is 4.79 Å². The van der Waals surface area contributed by atoms with Crippen molar-refractivity contribution in [2.75, 3.05) is 31.1 Å². The predicted molar refractivity (Wildman–Crippen MR) is 182 cm³/mol. The molecule has 0 spiro atoms. The summed E-state index contributed by atoms with van der Waals surface area (Å²) in [5.74, 6) is 0. The van der Waals surface area contributed by atoms with E-state index < -0.39 is 5.60 Å². The fraction of sp³-hybridized carbons (Fsp3) is 0.324. The summed E-state index contributed by atoms with van der Waals surface area (Å²) in [6, 6.07) is 22.4. The number of nitrogens with two attached hydrogens (primary N) is 1. The van der Waals surface area contributed by atoms with Gasteiger partial charge < -0.3 is 20.3 Å². The Hall–Kier alpha value is -3.61. The van der Waals surface area contributed by atoms with Gasteiger partial charge in [0.1, 0.15) is 5.60 Å². The Labute approximate surface area is 262 Å². The minimum absolute atomic E-state index is 0.120. The number of piperazine rings is 1. The van der Waals surface area contributed by atoms with Gasteiger partial charge in [-0.2, -0.15) is 0 Å². The molecule has 1 aliphatic heterocycles. The highest BCUT2D eigenvalue weighted by molar-refractivity contribution is 9.10. The zero-order valence-electron chi connectivity index (χ0n) is 25.1. The van der Waals surface area contributed by atoms with Gasteiger partial charge in [0.2, 0.25) is 0 Å². The number of carbonyl (C=O) groups is 1. The maximum absolute atomic E-state index is 12.8. The number of fused-ring (bicyclic) bond motifs is 5. The van der Waals surface area contributed by atoms with Gasteiger partial charge in [0.15, 0.2) is 0 Å². The van der Waals surface area contributed by atoms with E-state index in [1.165, 1.54) is 60.6 Å². The lowest BCUT2D eigenvalue weighted by atomic mass is 9.77. The second-order valence-electron chi connectivity index (χ2n) is 12.9. The first kappa shape index (κ1) is 28.2. The van der Waals surface area contributed by atoms with Crippen molar-refractivity contribution in [2.45, 2.75) is 51.7 Å². The molecule has 5 nitrogen and oxygen atoms in total. The smallest absolute Gasteiger partial charge is 0.410 e. The van der Waals surface area contributed by atoms with Crippen LogP contribution in [0.2, 0.25) is 0 Å². The molecule has 4 aromatic rings. The van der Waals surface area contributed by atoms with Crippen molar-refractivity contribution in [2.24, 2.45) is 5.73 Å². The van der Waals surface area contributed by atoms with E-state index in [1.54, 1.807) is 0 Å². The molecule has 2 N–H and O–H groups in total. The summed E-state index contributed by atoms with van der Waals surface area (Å²) < 4.78 is 6.80. The molecule has 2 aliphatic carbocycles. The quantitative estimate of drug-likeness (QED) is 0.240. The number of anilines is 1. The summed E-state index contributed by atoms with van der Waals surface area (Å²) in [6.07, 6.45) is 7.18. The van der Waals surface area contributed by atoms with Crippen LogP contribution in [0.25, 0.3) is 38.2 Å². The number of nitrogens with zero attached hydrogens (tertiary/aromatic N) is 2. The molecule has 1 heterocycles. The topological polar surface area (TPSA) is 58.8 Å². The third-order valence-corrected chi connectivity index (χ3v) is 9.74. The highest BCUT2D eigenvalue weighted by Gasteiger charge is 2.29. The molecule has 1 fully saturated rings. The van der Waals surface area contributed by atoms with Crippen LogP contribution in [0.4, 0.5) is 10.5 Å². The van der Waals surface area contributed by atoms with E-state index >= 15 is 0 Å². The Morgan fingerprint density at radius 2 is 1.63 bits per heavy atom. The fourth-order valence-electron chi connectivity index (χ4n) is 7.10. The normalized spacial score (nSPS) is 18.7. The van der Waals surface area contributed by atoms with Crippen molar-refractivity contribution >= 4 is 54.8 Å². The molecule has 220 valence electrons. The molecular weight excluding hydrogens is 598 g/mol. The Morgan fingerprint density at radius 1 is 0.884 bits per heavy atom. The van der Waals surface area contributed by atoms with Gasteiger partial charge in [0.25, 0.3) is 0 Å². The second kappa shape index (κ2) is 10.8. The molecule has 1 atom stereocenters. The Morgan fingerprint density at radius 3 is 2.42 bits per heavy atom. The number of aryl methyl sites for hydroxylation is 1. The predicted octanol–water partition coefficient (Wildman–Crippen LogP) is 8.47.